The largest absolute Gasteiger partial charge is 0.478 e. The number of nitrogens with zero attached hydrogens (tertiary/aromatic N) is 2. The van der Waals surface area contributed by atoms with Crippen molar-refractivity contribution in [1.82, 2.24) is 9.97 Å². The number of carboxylic acids is 1. The molecule has 0 amide bonds. The molecule has 1 aromatic carbocycles. The second-order valence-corrected chi connectivity index (χ2v) is 4.15. The summed E-state index contributed by atoms with van der Waals surface area (Å²) in [6, 6.07) is 3.20. The van der Waals surface area contributed by atoms with E-state index in [4.69, 9.17) is 5.11 Å². The minimum Gasteiger partial charge on any atom is -0.478 e. The molecule has 0 aliphatic rings. The second kappa shape index (κ2) is 5.96. The third kappa shape index (κ3) is 3.90. The molecule has 116 valence electrons. The van der Waals surface area contributed by atoms with E-state index in [0.29, 0.717) is 0 Å². The summed E-state index contributed by atoms with van der Waals surface area (Å²) in [7, 11) is 0. The molecule has 0 spiro atoms. The third-order valence-corrected chi connectivity index (χ3v) is 2.49. The number of halogens is 4. The maximum Gasteiger partial charge on any atom is 0.422 e. The van der Waals surface area contributed by atoms with Gasteiger partial charge < -0.3 is 9.84 Å². The van der Waals surface area contributed by atoms with Gasteiger partial charge in [-0.3, -0.25) is 4.98 Å². The molecule has 5 nitrogen and oxygen atoms in total. The number of rotatable bonds is 4. The number of benzene rings is 1. The van der Waals surface area contributed by atoms with Crippen LogP contribution >= 0.6 is 0 Å². The van der Waals surface area contributed by atoms with E-state index in [2.05, 4.69) is 14.7 Å². The lowest BCUT2D eigenvalue weighted by Crippen LogP contribution is -2.19. The minimum atomic E-state index is -4.52. The van der Waals surface area contributed by atoms with Crippen molar-refractivity contribution < 1.29 is 32.2 Å². The standard InChI is InChI=1S/C13H8F4N2O3/c14-9-3-7(1-2-8(9)12(20)21)10-4-18-5-11(19-10)22-6-13(15,16)17/h1-5H,6H2,(H,20,21). The monoisotopic (exact) mass is 316 g/mol. The average molecular weight is 316 g/mol. The van der Waals surface area contributed by atoms with E-state index in [9.17, 15) is 22.4 Å². The maximum atomic E-state index is 13.6. The Morgan fingerprint density at radius 1 is 1.27 bits per heavy atom. The van der Waals surface area contributed by atoms with Crippen LogP contribution in [0.2, 0.25) is 0 Å². The summed E-state index contributed by atoms with van der Waals surface area (Å²) < 4.78 is 54.2. The predicted molar refractivity (Wildman–Crippen MR) is 65.9 cm³/mol. The molecule has 2 rings (SSSR count). The fraction of sp³-hybridized carbons (Fsp3) is 0.154. The molecule has 1 N–H and O–H groups in total. The molecule has 0 saturated heterocycles. The molecule has 1 aromatic heterocycles. The molecule has 0 atom stereocenters. The quantitative estimate of drug-likeness (QED) is 0.878. The van der Waals surface area contributed by atoms with E-state index in [1.807, 2.05) is 0 Å². The van der Waals surface area contributed by atoms with Crippen LogP contribution in [0.15, 0.2) is 30.6 Å². The Morgan fingerprint density at radius 3 is 2.59 bits per heavy atom. The maximum absolute atomic E-state index is 13.6. The first-order chi connectivity index (χ1) is 10.3. The predicted octanol–water partition coefficient (Wildman–Crippen LogP) is 2.92. The number of hydrogen-bond donors (Lipinski definition) is 1. The normalized spacial score (nSPS) is 11.3. The van der Waals surface area contributed by atoms with E-state index < -0.39 is 30.1 Å². The molecular weight excluding hydrogens is 308 g/mol. The van der Waals surface area contributed by atoms with Crippen LogP contribution in [0, 0.1) is 5.82 Å². The summed E-state index contributed by atoms with van der Waals surface area (Å²) in [5.74, 6) is -2.80. The Balaban J connectivity index is 2.26. The van der Waals surface area contributed by atoms with Gasteiger partial charge in [0.1, 0.15) is 5.82 Å². The highest BCUT2D eigenvalue weighted by molar-refractivity contribution is 5.88. The Bertz CT molecular complexity index is 704. The molecule has 2 aromatic rings. The van der Waals surface area contributed by atoms with Gasteiger partial charge in [0.25, 0.3) is 0 Å². The van der Waals surface area contributed by atoms with Gasteiger partial charge in [-0.2, -0.15) is 13.2 Å². The Labute approximate surface area is 121 Å². The Morgan fingerprint density at radius 2 is 2.00 bits per heavy atom. The molecule has 0 unspecified atom stereocenters. The third-order valence-electron chi connectivity index (χ3n) is 2.49. The number of aromatic nitrogens is 2. The molecular formula is C13H8F4N2O3. The van der Waals surface area contributed by atoms with Crippen molar-refractivity contribution in [3.8, 4) is 17.1 Å². The van der Waals surface area contributed by atoms with E-state index in [0.717, 1.165) is 18.3 Å². The van der Waals surface area contributed by atoms with Crippen molar-refractivity contribution in [2.24, 2.45) is 0 Å². The number of carbonyl (C=O) groups is 1. The molecule has 0 saturated carbocycles. The lowest BCUT2D eigenvalue weighted by atomic mass is 10.1. The van der Waals surface area contributed by atoms with Gasteiger partial charge in [-0.25, -0.2) is 14.2 Å². The van der Waals surface area contributed by atoms with Gasteiger partial charge in [0.05, 0.1) is 23.7 Å². The van der Waals surface area contributed by atoms with Crippen LogP contribution in [0.1, 0.15) is 10.4 Å². The van der Waals surface area contributed by atoms with E-state index in [-0.39, 0.29) is 17.1 Å². The molecule has 22 heavy (non-hydrogen) atoms. The van der Waals surface area contributed by atoms with Crippen LogP contribution in [-0.2, 0) is 0 Å². The van der Waals surface area contributed by atoms with Crippen LogP contribution in [0.4, 0.5) is 17.6 Å². The smallest absolute Gasteiger partial charge is 0.422 e. The van der Waals surface area contributed by atoms with Crippen LogP contribution in [-0.4, -0.2) is 33.8 Å². The first kappa shape index (κ1) is 15.7. The van der Waals surface area contributed by atoms with E-state index in [1.54, 1.807) is 0 Å². The zero-order valence-corrected chi connectivity index (χ0v) is 10.8. The van der Waals surface area contributed by atoms with Gasteiger partial charge in [0.15, 0.2) is 6.61 Å². The Kier molecular flexibility index (Phi) is 4.25. The molecule has 1 heterocycles. The molecule has 0 bridgehead atoms. The lowest BCUT2D eigenvalue weighted by Gasteiger charge is -2.09. The second-order valence-electron chi connectivity index (χ2n) is 4.15. The fourth-order valence-corrected chi connectivity index (χ4v) is 1.56. The summed E-state index contributed by atoms with van der Waals surface area (Å²) in [6.45, 7) is -1.53. The highest BCUT2D eigenvalue weighted by Gasteiger charge is 2.28. The topological polar surface area (TPSA) is 72.3 Å². The Hall–Kier alpha value is -2.71. The van der Waals surface area contributed by atoms with E-state index in [1.165, 1.54) is 12.3 Å². The van der Waals surface area contributed by atoms with E-state index >= 15 is 0 Å². The van der Waals surface area contributed by atoms with Crippen molar-refractivity contribution in [3.63, 3.8) is 0 Å². The number of carboxylic acid groups (broad SMARTS) is 1. The average Bonchev–Trinajstić information content (AvgIpc) is 2.44. The molecule has 9 heteroatoms. The van der Waals surface area contributed by atoms with Gasteiger partial charge in [-0.1, -0.05) is 6.07 Å². The van der Waals surface area contributed by atoms with Crippen molar-refractivity contribution in [2.75, 3.05) is 6.61 Å². The van der Waals surface area contributed by atoms with Crippen LogP contribution in [0.25, 0.3) is 11.3 Å². The van der Waals surface area contributed by atoms with Crippen LogP contribution < -0.4 is 4.74 Å². The van der Waals surface area contributed by atoms with Crippen LogP contribution in [0.3, 0.4) is 0 Å². The summed E-state index contributed by atoms with van der Waals surface area (Å²) in [6.07, 6.45) is -2.35. The number of ether oxygens (including phenoxy) is 1. The van der Waals surface area contributed by atoms with Crippen molar-refractivity contribution in [1.29, 1.82) is 0 Å². The zero-order chi connectivity index (χ0) is 16.3. The SMILES string of the molecule is O=C(O)c1ccc(-c2cncc(OCC(F)(F)F)n2)cc1F. The summed E-state index contributed by atoms with van der Waals surface area (Å²) in [4.78, 5) is 18.1. The molecule has 0 radical (unpaired) electrons. The lowest BCUT2D eigenvalue weighted by molar-refractivity contribution is -0.154. The number of hydrogen-bond acceptors (Lipinski definition) is 4. The van der Waals surface area contributed by atoms with Gasteiger partial charge in [0.2, 0.25) is 5.88 Å². The first-order valence-electron chi connectivity index (χ1n) is 5.81. The summed E-state index contributed by atoms with van der Waals surface area (Å²) in [5, 5.41) is 8.72. The first-order valence-corrected chi connectivity index (χ1v) is 5.81. The minimum absolute atomic E-state index is 0.0514. The van der Waals surface area contributed by atoms with Gasteiger partial charge >= 0.3 is 12.1 Å². The van der Waals surface area contributed by atoms with Crippen LogP contribution in [0.5, 0.6) is 5.88 Å². The number of alkyl halides is 3. The van der Waals surface area contributed by atoms with Crippen molar-refractivity contribution in [3.05, 3.63) is 42.0 Å². The summed E-state index contributed by atoms with van der Waals surface area (Å²) in [5.41, 5.74) is -0.316. The van der Waals surface area contributed by atoms with Crippen molar-refractivity contribution in [2.45, 2.75) is 6.18 Å². The summed E-state index contributed by atoms with van der Waals surface area (Å²) >= 11 is 0. The molecule has 0 aliphatic heterocycles. The van der Waals surface area contributed by atoms with Gasteiger partial charge in [0, 0.05) is 5.56 Å². The molecule has 0 fully saturated rings. The highest BCUT2D eigenvalue weighted by atomic mass is 19.4. The highest BCUT2D eigenvalue weighted by Crippen LogP contribution is 2.22. The zero-order valence-electron chi connectivity index (χ0n) is 10.8. The fourth-order valence-electron chi connectivity index (χ4n) is 1.56. The van der Waals surface area contributed by atoms with Gasteiger partial charge in [-0.05, 0) is 12.1 Å². The molecule has 0 aliphatic carbocycles. The van der Waals surface area contributed by atoms with Crippen molar-refractivity contribution >= 4 is 5.97 Å². The van der Waals surface area contributed by atoms with Gasteiger partial charge in [-0.15, -0.1) is 0 Å². The number of aromatic carboxylic acids is 1.